The number of amides is 1. The summed E-state index contributed by atoms with van der Waals surface area (Å²) >= 11 is 0. The van der Waals surface area contributed by atoms with E-state index in [1.54, 1.807) is 0 Å². The molecule has 2 rings (SSSR count). The summed E-state index contributed by atoms with van der Waals surface area (Å²) in [5, 5.41) is 7.48. The SMILES string of the molecule is CNC1CCCN(N2C(C)CCCC2C)C1=O. The third-order valence-corrected chi connectivity index (χ3v) is 4.19. The molecule has 0 aliphatic carbocycles. The van der Waals surface area contributed by atoms with Crippen molar-refractivity contribution in [3.8, 4) is 0 Å². The lowest BCUT2D eigenvalue weighted by Gasteiger charge is -2.48. The molecule has 0 aromatic carbocycles. The van der Waals surface area contributed by atoms with Gasteiger partial charge in [-0.3, -0.25) is 9.80 Å². The number of carbonyl (C=O) groups excluding carboxylic acids is 1. The molecule has 1 N–H and O–H groups in total. The highest BCUT2D eigenvalue weighted by Gasteiger charge is 2.36. The molecule has 3 atom stereocenters. The summed E-state index contributed by atoms with van der Waals surface area (Å²) in [5.74, 6) is 0.263. The molecule has 0 aromatic heterocycles. The number of hydrogen-bond donors (Lipinski definition) is 1. The van der Waals surface area contributed by atoms with Crippen LogP contribution in [-0.2, 0) is 4.79 Å². The molecule has 2 heterocycles. The Bertz CT molecular complexity index is 272. The second kappa shape index (κ2) is 5.36. The molecule has 17 heavy (non-hydrogen) atoms. The lowest BCUT2D eigenvalue weighted by molar-refractivity contribution is -0.170. The van der Waals surface area contributed by atoms with Crippen molar-refractivity contribution in [2.75, 3.05) is 13.6 Å². The molecule has 4 heteroatoms. The number of hydrogen-bond acceptors (Lipinski definition) is 3. The van der Waals surface area contributed by atoms with E-state index in [1.165, 1.54) is 19.3 Å². The van der Waals surface area contributed by atoms with Gasteiger partial charge in [-0.25, -0.2) is 5.01 Å². The zero-order valence-corrected chi connectivity index (χ0v) is 11.3. The smallest absolute Gasteiger partial charge is 0.253 e. The summed E-state index contributed by atoms with van der Waals surface area (Å²) in [4.78, 5) is 12.4. The van der Waals surface area contributed by atoms with Gasteiger partial charge in [0.15, 0.2) is 0 Å². The molecular weight excluding hydrogens is 214 g/mol. The van der Waals surface area contributed by atoms with Gasteiger partial charge in [-0.15, -0.1) is 0 Å². The van der Waals surface area contributed by atoms with Gasteiger partial charge in [-0.1, -0.05) is 6.42 Å². The van der Waals surface area contributed by atoms with Crippen LogP contribution < -0.4 is 5.32 Å². The van der Waals surface area contributed by atoms with Gasteiger partial charge >= 0.3 is 0 Å². The maximum atomic E-state index is 12.4. The molecule has 0 spiro atoms. The molecule has 4 nitrogen and oxygen atoms in total. The molecule has 0 aromatic rings. The monoisotopic (exact) mass is 239 g/mol. The first-order valence-corrected chi connectivity index (χ1v) is 6.92. The standard InChI is InChI=1S/C13H25N3O/c1-10-6-4-7-11(2)16(10)15-9-5-8-12(14-3)13(15)17/h10-12,14H,4-9H2,1-3H3. The van der Waals surface area contributed by atoms with E-state index < -0.39 is 0 Å². The van der Waals surface area contributed by atoms with Crippen LogP contribution in [0.2, 0.25) is 0 Å². The number of hydrazine groups is 1. The Morgan fingerprint density at radius 1 is 1.12 bits per heavy atom. The summed E-state index contributed by atoms with van der Waals surface area (Å²) in [6.45, 7) is 5.38. The normalized spacial score (nSPS) is 36.3. The van der Waals surface area contributed by atoms with Crippen LogP contribution in [0.1, 0.15) is 46.0 Å². The number of carbonyl (C=O) groups is 1. The highest BCUT2D eigenvalue weighted by atomic mass is 16.2. The number of likely N-dealkylation sites (N-methyl/N-ethyl adjacent to an activating group) is 1. The molecule has 0 bridgehead atoms. The van der Waals surface area contributed by atoms with Crippen molar-refractivity contribution in [3.05, 3.63) is 0 Å². The van der Waals surface area contributed by atoms with E-state index in [-0.39, 0.29) is 11.9 Å². The summed E-state index contributed by atoms with van der Waals surface area (Å²) in [5.41, 5.74) is 0. The predicted octanol–water partition coefficient (Wildman–Crippen LogP) is 1.37. The summed E-state index contributed by atoms with van der Waals surface area (Å²) in [7, 11) is 1.88. The first-order chi connectivity index (χ1) is 8.15. The van der Waals surface area contributed by atoms with Crippen molar-refractivity contribution >= 4 is 5.91 Å². The quantitative estimate of drug-likeness (QED) is 0.790. The van der Waals surface area contributed by atoms with Gasteiger partial charge in [0.2, 0.25) is 0 Å². The van der Waals surface area contributed by atoms with E-state index in [1.807, 2.05) is 12.1 Å². The van der Waals surface area contributed by atoms with Crippen molar-refractivity contribution < 1.29 is 4.79 Å². The molecule has 0 saturated carbocycles. The maximum Gasteiger partial charge on any atom is 0.253 e. The van der Waals surface area contributed by atoms with Crippen LogP contribution in [0.25, 0.3) is 0 Å². The number of nitrogens with one attached hydrogen (secondary N) is 1. The van der Waals surface area contributed by atoms with E-state index >= 15 is 0 Å². The largest absolute Gasteiger partial charge is 0.309 e. The van der Waals surface area contributed by atoms with E-state index in [4.69, 9.17) is 0 Å². The number of nitrogens with zero attached hydrogens (tertiary/aromatic N) is 2. The molecule has 0 radical (unpaired) electrons. The van der Waals surface area contributed by atoms with Gasteiger partial charge in [-0.2, -0.15) is 0 Å². The first-order valence-electron chi connectivity index (χ1n) is 6.92. The molecule has 2 aliphatic heterocycles. The van der Waals surface area contributed by atoms with Crippen LogP contribution >= 0.6 is 0 Å². The fourth-order valence-corrected chi connectivity index (χ4v) is 3.24. The topological polar surface area (TPSA) is 35.6 Å². The maximum absolute atomic E-state index is 12.4. The van der Waals surface area contributed by atoms with Crippen molar-refractivity contribution in [2.45, 2.75) is 64.1 Å². The zero-order chi connectivity index (χ0) is 12.4. The van der Waals surface area contributed by atoms with E-state index in [0.29, 0.717) is 12.1 Å². The zero-order valence-electron chi connectivity index (χ0n) is 11.3. The van der Waals surface area contributed by atoms with Crippen LogP contribution in [0.3, 0.4) is 0 Å². The van der Waals surface area contributed by atoms with Gasteiger partial charge in [0.1, 0.15) is 0 Å². The van der Waals surface area contributed by atoms with Gasteiger partial charge < -0.3 is 5.32 Å². The Hall–Kier alpha value is -0.610. The van der Waals surface area contributed by atoms with Crippen LogP contribution in [0.4, 0.5) is 0 Å². The van der Waals surface area contributed by atoms with Crippen molar-refractivity contribution in [1.82, 2.24) is 15.3 Å². The molecular formula is C13H25N3O. The van der Waals surface area contributed by atoms with E-state index in [0.717, 1.165) is 19.4 Å². The molecule has 2 fully saturated rings. The second-order valence-corrected chi connectivity index (χ2v) is 5.45. The Morgan fingerprint density at radius 3 is 2.35 bits per heavy atom. The summed E-state index contributed by atoms with van der Waals surface area (Å²) in [6.07, 6.45) is 5.78. The van der Waals surface area contributed by atoms with Crippen LogP contribution in [0.5, 0.6) is 0 Å². The Labute approximate surface area is 104 Å². The van der Waals surface area contributed by atoms with E-state index in [2.05, 4.69) is 24.2 Å². The van der Waals surface area contributed by atoms with Crippen molar-refractivity contribution in [1.29, 1.82) is 0 Å². The highest BCUT2D eigenvalue weighted by molar-refractivity contribution is 5.82. The molecule has 3 unspecified atom stereocenters. The predicted molar refractivity (Wildman–Crippen MR) is 68.4 cm³/mol. The van der Waals surface area contributed by atoms with Crippen molar-refractivity contribution in [3.63, 3.8) is 0 Å². The van der Waals surface area contributed by atoms with E-state index in [9.17, 15) is 4.79 Å². The van der Waals surface area contributed by atoms with Crippen LogP contribution in [-0.4, -0.2) is 47.6 Å². The minimum Gasteiger partial charge on any atom is -0.309 e. The average Bonchev–Trinajstić information content (AvgIpc) is 2.31. The molecule has 1 amide bonds. The number of piperidine rings is 2. The summed E-state index contributed by atoms with van der Waals surface area (Å²) in [6, 6.07) is 1.02. The number of rotatable bonds is 2. The lowest BCUT2D eigenvalue weighted by atomic mass is 9.98. The molecule has 2 aliphatic rings. The molecule has 98 valence electrons. The third kappa shape index (κ3) is 2.47. The third-order valence-electron chi connectivity index (χ3n) is 4.19. The first kappa shape index (κ1) is 12.8. The lowest BCUT2D eigenvalue weighted by Crippen LogP contribution is -2.62. The fraction of sp³-hybridized carbons (Fsp3) is 0.923. The van der Waals surface area contributed by atoms with Gasteiger partial charge in [0, 0.05) is 18.6 Å². The summed E-state index contributed by atoms with van der Waals surface area (Å²) < 4.78 is 0. The Morgan fingerprint density at radius 2 is 1.76 bits per heavy atom. The average molecular weight is 239 g/mol. The van der Waals surface area contributed by atoms with Crippen LogP contribution in [0, 0.1) is 0 Å². The van der Waals surface area contributed by atoms with Gasteiger partial charge in [0.25, 0.3) is 5.91 Å². The fourth-order valence-electron chi connectivity index (χ4n) is 3.24. The Kier molecular flexibility index (Phi) is 4.05. The Balaban J connectivity index is 2.11. The minimum absolute atomic E-state index is 0.0186. The van der Waals surface area contributed by atoms with Crippen molar-refractivity contribution in [2.24, 2.45) is 0 Å². The second-order valence-electron chi connectivity index (χ2n) is 5.45. The van der Waals surface area contributed by atoms with Crippen LogP contribution in [0.15, 0.2) is 0 Å². The molecule has 2 saturated heterocycles. The highest BCUT2D eigenvalue weighted by Crippen LogP contribution is 2.27. The van der Waals surface area contributed by atoms with Gasteiger partial charge in [0.05, 0.1) is 6.04 Å². The van der Waals surface area contributed by atoms with Gasteiger partial charge in [-0.05, 0) is 46.6 Å². The minimum atomic E-state index is 0.0186.